The molecule has 5 nitrogen and oxygen atoms in total. The van der Waals surface area contributed by atoms with Crippen LogP contribution in [-0.2, 0) is 4.79 Å². The zero-order chi connectivity index (χ0) is 17.1. The molecule has 3 aromatic rings. The third-order valence-electron chi connectivity index (χ3n) is 3.42. The number of thiophene rings is 1. The Morgan fingerprint density at radius 2 is 1.83 bits per heavy atom. The third kappa shape index (κ3) is 3.38. The zero-order valence-corrected chi connectivity index (χ0v) is 14.1. The first kappa shape index (κ1) is 16.0. The van der Waals surface area contributed by atoms with Gasteiger partial charge in [0, 0.05) is 17.3 Å². The Bertz CT molecular complexity index is 885. The molecule has 1 aromatic heterocycles. The normalized spacial score (nSPS) is 10.4. The van der Waals surface area contributed by atoms with Gasteiger partial charge < -0.3 is 15.4 Å². The van der Waals surface area contributed by atoms with E-state index in [1.54, 1.807) is 18.2 Å². The fourth-order valence-corrected chi connectivity index (χ4v) is 3.32. The fraction of sp³-hybridized carbons (Fsp3) is 0.111. The number of carbonyl (C=O) groups is 2. The van der Waals surface area contributed by atoms with Gasteiger partial charge in [-0.1, -0.05) is 18.2 Å². The van der Waals surface area contributed by atoms with E-state index < -0.39 is 0 Å². The lowest BCUT2D eigenvalue weighted by molar-refractivity contribution is -0.114. The molecule has 0 aliphatic carbocycles. The van der Waals surface area contributed by atoms with Gasteiger partial charge in [0.1, 0.15) is 5.75 Å². The summed E-state index contributed by atoms with van der Waals surface area (Å²) in [6.45, 7) is 1.43. The van der Waals surface area contributed by atoms with Crippen LogP contribution in [0.5, 0.6) is 5.75 Å². The minimum Gasteiger partial charge on any atom is -0.495 e. The van der Waals surface area contributed by atoms with E-state index in [2.05, 4.69) is 10.6 Å². The summed E-state index contributed by atoms with van der Waals surface area (Å²) >= 11 is 1.43. The minimum atomic E-state index is -0.213. The maximum Gasteiger partial charge on any atom is 0.265 e. The number of carbonyl (C=O) groups excluding carboxylic acids is 2. The summed E-state index contributed by atoms with van der Waals surface area (Å²) in [4.78, 5) is 24.3. The molecule has 0 atom stereocenters. The first-order valence-electron chi connectivity index (χ1n) is 7.32. The number of anilines is 2. The summed E-state index contributed by atoms with van der Waals surface area (Å²) in [6, 6.07) is 14.8. The van der Waals surface area contributed by atoms with Crippen molar-refractivity contribution in [3.63, 3.8) is 0 Å². The molecule has 0 spiro atoms. The first-order chi connectivity index (χ1) is 11.6. The topological polar surface area (TPSA) is 67.4 Å². The molecular formula is C18H16N2O3S. The van der Waals surface area contributed by atoms with Gasteiger partial charge in [-0.25, -0.2) is 0 Å². The van der Waals surface area contributed by atoms with Crippen molar-refractivity contribution in [2.75, 3.05) is 17.7 Å². The maximum atomic E-state index is 12.5. The van der Waals surface area contributed by atoms with E-state index in [0.717, 1.165) is 10.1 Å². The number of fused-ring (bicyclic) bond motifs is 1. The van der Waals surface area contributed by atoms with Gasteiger partial charge in [0.05, 0.1) is 17.7 Å². The van der Waals surface area contributed by atoms with Crippen LogP contribution in [0.3, 0.4) is 0 Å². The quantitative estimate of drug-likeness (QED) is 0.751. The molecule has 2 aromatic carbocycles. The van der Waals surface area contributed by atoms with Crippen molar-refractivity contribution in [2.45, 2.75) is 6.92 Å². The van der Waals surface area contributed by atoms with Gasteiger partial charge in [-0.05, 0) is 35.7 Å². The minimum absolute atomic E-state index is 0.179. The highest BCUT2D eigenvalue weighted by Gasteiger charge is 2.13. The van der Waals surface area contributed by atoms with Gasteiger partial charge in [0.2, 0.25) is 5.91 Å². The maximum absolute atomic E-state index is 12.5. The molecule has 0 aliphatic heterocycles. The second-order valence-corrected chi connectivity index (χ2v) is 6.28. The van der Waals surface area contributed by atoms with Crippen molar-refractivity contribution in [1.29, 1.82) is 0 Å². The summed E-state index contributed by atoms with van der Waals surface area (Å²) in [5.41, 5.74) is 1.10. The average molecular weight is 340 g/mol. The fourth-order valence-electron chi connectivity index (χ4n) is 2.36. The molecule has 0 saturated heterocycles. The lowest BCUT2D eigenvalue weighted by Gasteiger charge is -2.11. The van der Waals surface area contributed by atoms with E-state index in [9.17, 15) is 9.59 Å². The zero-order valence-electron chi connectivity index (χ0n) is 13.3. The Hall–Kier alpha value is -2.86. The van der Waals surface area contributed by atoms with Crippen molar-refractivity contribution >= 4 is 44.6 Å². The second-order valence-electron chi connectivity index (χ2n) is 5.20. The highest BCUT2D eigenvalue weighted by atomic mass is 32.1. The first-order valence-corrected chi connectivity index (χ1v) is 8.14. The number of benzene rings is 2. The average Bonchev–Trinajstić information content (AvgIpc) is 2.99. The Morgan fingerprint density at radius 1 is 1.04 bits per heavy atom. The summed E-state index contributed by atoms with van der Waals surface area (Å²) in [5, 5.41) is 6.57. The summed E-state index contributed by atoms with van der Waals surface area (Å²) < 4.78 is 6.33. The number of ether oxygens (including phenoxy) is 1. The van der Waals surface area contributed by atoms with Crippen molar-refractivity contribution in [3.8, 4) is 5.75 Å². The van der Waals surface area contributed by atoms with E-state index in [0.29, 0.717) is 22.0 Å². The number of hydrogen-bond acceptors (Lipinski definition) is 4. The number of rotatable bonds is 4. The van der Waals surface area contributed by atoms with Crippen LogP contribution in [0.15, 0.2) is 48.5 Å². The van der Waals surface area contributed by atoms with E-state index >= 15 is 0 Å². The largest absolute Gasteiger partial charge is 0.495 e. The number of hydrogen-bond donors (Lipinski definition) is 2. The van der Waals surface area contributed by atoms with E-state index in [-0.39, 0.29) is 11.8 Å². The van der Waals surface area contributed by atoms with Gasteiger partial charge in [-0.2, -0.15) is 0 Å². The molecule has 2 N–H and O–H groups in total. The predicted molar refractivity (Wildman–Crippen MR) is 97.1 cm³/mol. The third-order valence-corrected chi connectivity index (χ3v) is 4.53. The molecule has 0 unspecified atom stereocenters. The second kappa shape index (κ2) is 6.72. The number of amides is 2. The Morgan fingerprint density at radius 3 is 2.54 bits per heavy atom. The van der Waals surface area contributed by atoms with Crippen molar-refractivity contribution < 1.29 is 14.3 Å². The van der Waals surface area contributed by atoms with Gasteiger partial charge in [-0.3, -0.25) is 9.59 Å². The SMILES string of the molecule is COc1ccc(NC(C)=O)cc1NC(=O)c1cc2ccccc2s1. The van der Waals surface area contributed by atoms with Gasteiger partial charge in [-0.15, -0.1) is 11.3 Å². The molecule has 2 amide bonds. The van der Waals surface area contributed by atoms with Crippen LogP contribution in [0.1, 0.15) is 16.6 Å². The van der Waals surface area contributed by atoms with E-state index in [1.165, 1.54) is 25.4 Å². The highest BCUT2D eigenvalue weighted by molar-refractivity contribution is 7.20. The van der Waals surface area contributed by atoms with Crippen LogP contribution in [0.4, 0.5) is 11.4 Å². The van der Waals surface area contributed by atoms with Crippen LogP contribution in [0.25, 0.3) is 10.1 Å². The molecule has 0 aliphatic rings. The molecule has 3 rings (SSSR count). The van der Waals surface area contributed by atoms with Crippen LogP contribution in [0, 0.1) is 0 Å². The van der Waals surface area contributed by atoms with Gasteiger partial charge in [0.25, 0.3) is 5.91 Å². The van der Waals surface area contributed by atoms with Gasteiger partial charge in [0.15, 0.2) is 0 Å². The molecule has 1 heterocycles. The van der Waals surface area contributed by atoms with Crippen LogP contribution in [-0.4, -0.2) is 18.9 Å². The summed E-state index contributed by atoms with van der Waals surface area (Å²) in [5.74, 6) is 0.134. The van der Waals surface area contributed by atoms with Crippen LogP contribution >= 0.6 is 11.3 Å². The van der Waals surface area contributed by atoms with Crippen molar-refractivity contribution in [2.24, 2.45) is 0 Å². The van der Waals surface area contributed by atoms with E-state index in [4.69, 9.17) is 4.74 Å². The molecule has 122 valence electrons. The number of methoxy groups -OCH3 is 1. The lowest BCUT2D eigenvalue weighted by atomic mass is 10.2. The van der Waals surface area contributed by atoms with Crippen molar-refractivity contribution in [3.05, 3.63) is 53.4 Å². The van der Waals surface area contributed by atoms with E-state index in [1.807, 2.05) is 30.3 Å². The lowest BCUT2D eigenvalue weighted by Crippen LogP contribution is -2.12. The standard InChI is InChI=1S/C18H16N2O3S/c1-11(21)19-13-7-8-15(23-2)14(10-13)20-18(22)17-9-12-5-3-4-6-16(12)24-17/h3-10H,1-2H3,(H,19,21)(H,20,22). The Balaban J connectivity index is 1.88. The Kier molecular flexibility index (Phi) is 4.48. The summed E-state index contributed by atoms with van der Waals surface area (Å²) in [7, 11) is 1.53. The molecular weight excluding hydrogens is 324 g/mol. The molecule has 0 saturated carbocycles. The monoisotopic (exact) mass is 340 g/mol. The molecule has 0 radical (unpaired) electrons. The molecule has 6 heteroatoms. The Labute approximate surface area is 143 Å². The molecule has 0 fully saturated rings. The summed E-state index contributed by atoms with van der Waals surface area (Å²) in [6.07, 6.45) is 0. The molecule has 0 bridgehead atoms. The molecule has 24 heavy (non-hydrogen) atoms. The van der Waals surface area contributed by atoms with Gasteiger partial charge >= 0.3 is 0 Å². The highest BCUT2D eigenvalue weighted by Crippen LogP contribution is 2.30. The van der Waals surface area contributed by atoms with Crippen molar-refractivity contribution in [1.82, 2.24) is 0 Å². The predicted octanol–water partition coefficient (Wildman–Crippen LogP) is 4.12. The van der Waals surface area contributed by atoms with Crippen LogP contribution < -0.4 is 15.4 Å². The van der Waals surface area contributed by atoms with Crippen LogP contribution in [0.2, 0.25) is 0 Å². The smallest absolute Gasteiger partial charge is 0.265 e. The number of nitrogens with one attached hydrogen (secondary N) is 2.